The van der Waals surface area contributed by atoms with E-state index < -0.39 is 33.0 Å². The van der Waals surface area contributed by atoms with Crippen LogP contribution in [0.4, 0.5) is 0 Å². The Kier molecular flexibility index (Phi) is 19.2. The first kappa shape index (κ1) is 54.2. The van der Waals surface area contributed by atoms with Gasteiger partial charge in [0.05, 0.1) is 0 Å². The predicted octanol–water partition coefficient (Wildman–Crippen LogP) is 21.0. The maximum atomic E-state index is 7.37. The Bertz CT molecular complexity index is 3060. The molecule has 0 saturated heterocycles. The third-order valence-electron chi connectivity index (χ3n) is 9.22. The molecule has 0 fully saturated rings. The SMILES string of the molecule is Brc1ccc(ON2P(Oc3ccc(Br)cc3)N=P(Oc3ccc(Br)cc3)(Oc3ccc(Br)cc3)N(Oc3ccc(Br)cc3)P(Oc3ccc(Br)cc3)N(Oc3ccc(Br)cc3)P2Oc2ccc(Br)cc2)cc1. The van der Waals surface area contributed by atoms with E-state index in [1.807, 2.05) is 158 Å². The zero-order chi connectivity index (χ0) is 50.2. The summed E-state index contributed by atoms with van der Waals surface area (Å²) in [6.45, 7) is 0. The normalized spacial score (nSPS) is 17.1. The zero-order valence-corrected chi connectivity index (χ0v) is 52.6. The van der Waals surface area contributed by atoms with Crippen molar-refractivity contribution >= 4 is 160 Å². The van der Waals surface area contributed by atoms with Crippen LogP contribution >= 0.6 is 160 Å². The molecule has 3 unspecified atom stereocenters. The molecule has 368 valence electrons. The van der Waals surface area contributed by atoms with Crippen molar-refractivity contribution in [2.24, 2.45) is 4.52 Å². The Balaban J connectivity index is 1.41. The van der Waals surface area contributed by atoms with Gasteiger partial charge in [0.15, 0.2) is 0 Å². The van der Waals surface area contributed by atoms with E-state index in [0.717, 1.165) is 35.8 Å². The van der Waals surface area contributed by atoms with E-state index in [0.29, 0.717) is 46.0 Å². The Labute approximate surface area is 486 Å². The van der Waals surface area contributed by atoms with Gasteiger partial charge in [0.1, 0.15) is 46.0 Å². The second-order valence-electron chi connectivity index (χ2n) is 14.5. The van der Waals surface area contributed by atoms with Crippen LogP contribution in [-0.4, -0.2) is 13.8 Å². The van der Waals surface area contributed by atoms with Gasteiger partial charge in [-0.25, -0.2) is 0 Å². The van der Waals surface area contributed by atoms with E-state index in [2.05, 4.69) is 127 Å². The molecule has 0 saturated carbocycles. The highest BCUT2D eigenvalue weighted by Gasteiger charge is 2.59. The summed E-state index contributed by atoms with van der Waals surface area (Å²) in [5.74, 6) is 3.18. The van der Waals surface area contributed by atoms with Crippen molar-refractivity contribution in [2.75, 3.05) is 0 Å². The molecule has 0 bridgehead atoms. The highest BCUT2D eigenvalue weighted by Crippen LogP contribution is 2.78. The van der Waals surface area contributed by atoms with Gasteiger partial charge in [-0.05, 0) is 194 Å². The molecular weight excluding hydrogens is 1520 g/mol. The van der Waals surface area contributed by atoms with Crippen molar-refractivity contribution in [2.45, 2.75) is 0 Å². The van der Waals surface area contributed by atoms with Crippen molar-refractivity contribution in [3.05, 3.63) is 230 Å². The molecule has 3 atom stereocenters. The Hall–Kier alpha value is -2.60. The molecule has 12 nitrogen and oxygen atoms in total. The van der Waals surface area contributed by atoms with Crippen molar-refractivity contribution in [3.8, 4) is 46.0 Å². The number of rotatable bonds is 16. The minimum Gasteiger partial charge on any atom is -0.440 e. The van der Waals surface area contributed by atoms with Crippen molar-refractivity contribution in [3.63, 3.8) is 0 Å². The fraction of sp³-hybridized carbons (Fsp3) is 0. The Morgan fingerprint density at radius 1 is 0.292 bits per heavy atom. The third kappa shape index (κ3) is 14.7. The van der Waals surface area contributed by atoms with Gasteiger partial charge in [0.25, 0.3) is 0 Å². The zero-order valence-electron chi connectivity index (χ0n) is 36.3. The molecular formula is C48H32Br8N4O8P4. The van der Waals surface area contributed by atoms with Crippen LogP contribution in [0.15, 0.2) is 234 Å². The van der Waals surface area contributed by atoms with E-state index in [9.17, 15) is 0 Å². The average Bonchev–Trinajstić information content (AvgIpc) is 3.37. The van der Waals surface area contributed by atoms with Crippen LogP contribution in [0, 0.1) is 0 Å². The van der Waals surface area contributed by atoms with Gasteiger partial charge in [0.2, 0.25) is 0 Å². The van der Waals surface area contributed by atoms with Crippen molar-refractivity contribution in [1.29, 1.82) is 0 Å². The second kappa shape index (κ2) is 25.5. The monoisotopic (exact) mass is 1550 g/mol. The number of hydrogen-bond acceptors (Lipinski definition) is 12. The van der Waals surface area contributed by atoms with Gasteiger partial charge >= 0.3 is 33.0 Å². The van der Waals surface area contributed by atoms with Crippen LogP contribution < -0.4 is 37.1 Å². The number of nitrogens with zero attached hydrogens (tertiary/aromatic N) is 4. The molecule has 1 aliphatic heterocycles. The smallest absolute Gasteiger partial charge is 0.440 e. The first-order chi connectivity index (χ1) is 34.8. The summed E-state index contributed by atoms with van der Waals surface area (Å²) >= 11 is 28.8. The lowest BCUT2D eigenvalue weighted by Crippen LogP contribution is -2.39. The number of hydrogen-bond donors (Lipinski definition) is 0. The van der Waals surface area contributed by atoms with Gasteiger partial charge in [-0.3, -0.25) is 0 Å². The van der Waals surface area contributed by atoms with Gasteiger partial charge in [-0.15, -0.1) is 4.52 Å². The summed E-state index contributed by atoms with van der Waals surface area (Å²) in [6.07, 6.45) is 0. The van der Waals surface area contributed by atoms with Crippen LogP contribution in [0.5, 0.6) is 46.0 Å². The molecule has 0 N–H and O–H groups in total. The third-order valence-corrected chi connectivity index (χ3v) is 22.3. The summed E-state index contributed by atoms with van der Waals surface area (Å²) in [7, 11) is -12.1. The predicted molar refractivity (Wildman–Crippen MR) is 314 cm³/mol. The highest BCUT2D eigenvalue weighted by molar-refractivity contribution is 9.11. The standard InChI is InChI=1S/C48H32Br8N4O8P4/c49-33-1-17-41(18-2-33)61-58-69(64-44-23-7-36(52)8-24-44)57-72(67-47-29-13-39(55)14-30-47,68-48-31-15-40(56)16-32-48)60(63-43-21-5-35(51)6-22-43)71(66-46-27-11-38(54)12-28-46)59(62-42-19-3-34(50)4-20-42)70(58)65-45-25-9-37(53)10-26-45/h1-32H. The van der Waals surface area contributed by atoms with Gasteiger partial charge in [0, 0.05) is 49.6 Å². The number of halogens is 8. The lowest BCUT2D eigenvalue weighted by atomic mass is 10.3. The summed E-state index contributed by atoms with van der Waals surface area (Å²) in [4.78, 5) is 21.6. The van der Waals surface area contributed by atoms with Gasteiger partial charge < -0.3 is 37.1 Å². The first-order valence-corrected chi connectivity index (χ1v) is 32.1. The molecule has 1 heterocycles. The molecule has 0 aromatic heterocycles. The van der Waals surface area contributed by atoms with Crippen molar-refractivity contribution < 1.29 is 37.1 Å². The van der Waals surface area contributed by atoms with E-state index in [4.69, 9.17) is 41.6 Å². The van der Waals surface area contributed by atoms with E-state index in [-0.39, 0.29) is 0 Å². The summed E-state index contributed by atoms with van der Waals surface area (Å²) in [5.41, 5.74) is 0. The number of benzene rings is 8. The molecule has 8 aromatic carbocycles. The van der Waals surface area contributed by atoms with Crippen LogP contribution in [0.1, 0.15) is 0 Å². The maximum Gasteiger partial charge on any atom is 0.447 e. The lowest BCUT2D eigenvalue weighted by Gasteiger charge is -2.45. The van der Waals surface area contributed by atoms with Gasteiger partial charge in [-0.2, -0.15) is 0 Å². The molecule has 0 aliphatic carbocycles. The van der Waals surface area contributed by atoms with Gasteiger partial charge in [-0.1, -0.05) is 127 Å². The van der Waals surface area contributed by atoms with Crippen LogP contribution in [-0.2, 0) is 0 Å². The quantitative estimate of drug-likeness (QED) is 0.0866. The highest BCUT2D eigenvalue weighted by atomic mass is 79.9. The minimum atomic E-state index is -4.37. The maximum absolute atomic E-state index is 7.37. The van der Waals surface area contributed by atoms with Crippen LogP contribution in [0.25, 0.3) is 0 Å². The van der Waals surface area contributed by atoms with Crippen molar-refractivity contribution in [1.82, 2.24) is 13.8 Å². The molecule has 9 rings (SSSR count). The molecule has 1 aliphatic rings. The minimum absolute atomic E-state index is 0.365. The topological polar surface area (TPSA) is 95.9 Å². The molecule has 24 heteroatoms. The molecule has 72 heavy (non-hydrogen) atoms. The molecule has 8 aromatic rings. The van der Waals surface area contributed by atoms with E-state index >= 15 is 0 Å². The summed E-state index contributed by atoms with van der Waals surface area (Å²) < 4.78 is 53.4. The fourth-order valence-electron chi connectivity index (χ4n) is 5.87. The van der Waals surface area contributed by atoms with E-state index in [1.165, 1.54) is 4.60 Å². The first-order valence-electron chi connectivity index (χ1n) is 20.8. The van der Waals surface area contributed by atoms with Crippen LogP contribution in [0.2, 0.25) is 0 Å². The molecule has 0 amide bonds. The average molecular weight is 1560 g/mol. The fourth-order valence-corrected chi connectivity index (χ4v) is 17.8. The lowest BCUT2D eigenvalue weighted by molar-refractivity contribution is 0.0377. The largest absolute Gasteiger partial charge is 0.447 e. The summed E-state index contributed by atoms with van der Waals surface area (Å²) in [5, 5.41) is 0. The Morgan fingerprint density at radius 2 is 0.556 bits per heavy atom. The van der Waals surface area contributed by atoms with Crippen LogP contribution in [0.3, 0.4) is 0 Å². The Morgan fingerprint density at radius 3 is 0.903 bits per heavy atom. The molecule has 0 spiro atoms. The molecule has 0 radical (unpaired) electrons. The second-order valence-corrected chi connectivity index (χ2v) is 29.0. The van der Waals surface area contributed by atoms with E-state index in [1.54, 1.807) is 45.6 Å². The summed E-state index contributed by atoms with van der Waals surface area (Å²) in [6, 6.07) is 58.8.